The molecule has 0 aliphatic carbocycles. The summed E-state index contributed by atoms with van der Waals surface area (Å²) in [5, 5.41) is 9.37. The summed E-state index contributed by atoms with van der Waals surface area (Å²) < 4.78 is 5.12. The molecular formula is C14H17N3O2. The van der Waals surface area contributed by atoms with E-state index in [1.165, 1.54) is 0 Å². The molecule has 0 unspecified atom stereocenters. The highest BCUT2D eigenvalue weighted by Crippen LogP contribution is 2.23. The lowest BCUT2D eigenvalue weighted by atomic mass is 9.94. The normalized spacial score (nSPS) is 11.1. The van der Waals surface area contributed by atoms with Gasteiger partial charge in [0.25, 0.3) is 5.91 Å². The molecule has 1 aromatic heterocycles. The fourth-order valence-corrected chi connectivity index (χ4v) is 1.81. The van der Waals surface area contributed by atoms with Crippen LogP contribution in [0.2, 0.25) is 0 Å². The maximum atomic E-state index is 12.0. The van der Waals surface area contributed by atoms with Crippen LogP contribution in [-0.2, 0) is 5.54 Å². The van der Waals surface area contributed by atoms with Gasteiger partial charge in [0.15, 0.2) is 0 Å². The molecule has 5 nitrogen and oxygen atoms in total. The van der Waals surface area contributed by atoms with Crippen molar-refractivity contribution < 1.29 is 9.53 Å². The Morgan fingerprint density at radius 3 is 2.47 bits per heavy atom. The van der Waals surface area contributed by atoms with E-state index >= 15 is 0 Å². The molecule has 0 fully saturated rings. The highest BCUT2D eigenvalue weighted by Gasteiger charge is 2.23. The Bertz CT molecular complexity index is 545. The smallest absolute Gasteiger partial charge is 0.269 e. The number of hydrogen-bond acceptors (Lipinski definition) is 3. The molecule has 0 saturated carbocycles. The molecule has 2 aromatic rings. The second-order valence-corrected chi connectivity index (χ2v) is 4.78. The minimum Gasteiger partial charge on any atom is -0.497 e. The van der Waals surface area contributed by atoms with Gasteiger partial charge in [-0.15, -0.1) is 0 Å². The van der Waals surface area contributed by atoms with Crippen LogP contribution in [0.15, 0.2) is 36.5 Å². The molecule has 0 bridgehead atoms. The highest BCUT2D eigenvalue weighted by atomic mass is 16.5. The SMILES string of the molecule is COc1ccc(C(C)(C)NC(=O)c2ccn[nH]2)cc1. The first-order chi connectivity index (χ1) is 9.03. The molecule has 2 rings (SSSR count). The van der Waals surface area contributed by atoms with Crippen molar-refractivity contribution >= 4 is 5.91 Å². The number of amides is 1. The molecule has 0 saturated heterocycles. The van der Waals surface area contributed by atoms with Gasteiger partial charge < -0.3 is 10.1 Å². The van der Waals surface area contributed by atoms with Gasteiger partial charge in [0, 0.05) is 6.20 Å². The minimum atomic E-state index is -0.478. The van der Waals surface area contributed by atoms with E-state index in [0.29, 0.717) is 5.69 Å². The predicted octanol–water partition coefficient (Wildman–Crippen LogP) is 2.08. The predicted molar refractivity (Wildman–Crippen MR) is 72.1 cm³/mol. The van der Waals surface area contributed by atoms with Crippen molar-refractivity contribution in [3.63, 3.8) is 0 Å². The largest absolute Gasteiger partial charge is 0.497 e. The molecule has 1 aromatic carbocycles. The third-order valence-corrected chi connectivity index (χ3v) is 2.98. The van der Waals surface area contributed by atoms with E-state index in [0.717, 1.165) is 11.3 Å². The molecule has 0 spiro atoms. The summed E-state index contributed by atoms with van der Waals surface area (Å²) in [6.45, 7) is 3.89. The molecule has 1 amide bonds. The van der Waals surface area contributed by atoms with Crippen molar-refractivity contribution in [1.82, 2.24) is 15.5 Å². The van der Waals surface area contributed by atoms with E-state index in [2.05, 4.69) is 15.5 Å². The van der Waals surface area contributed by atoms with Crippen LogP contribution in [-0.4, -0.2) is 23.2 Å². The zero-order valence-corrected chi connectivity index (χ0v) is 11.2. The van der Waals surface area contributed by atoms with Crippen molar-refractivity contribution in [3.05, 3.63) is 47.8 Å². The van der Waals surface area contributed by atoms with E-state index in [4.69, 9.17) is 4.74 Å². The Hall–Kier alpha value is -2.30. The molecule has 1 heterocycles. The molecule has 0 aliphatic heterocycles. The van der Waals surface area contributed by atoms with Gasteiger partial charge in [-0.1, -0.05) is 12.1 Å². The average molecular weight is 259 g/mol. The third kappa shape index (κ3) is 2.93. The minimum absolute atomic E-state index is 0.182. The molecule has 19 heavy (non-hydrogen) atoms. The Morgan fingerprint density at radius 1 is 1.26 bits per heavy atom. The summed E-state index contributed by atoms with van der Waals surface area (Å²) in [5.41, 5.74) is 0.969. The lowest BCUT2D eigenvalue weighted by molar-refractivity contribution is 0.0907. The maximum Gasteiger partial charge on any atom is 0.269 e. The topological polar surface area (TPSA) is 67.0 Å². The Labute approximate surface area is 112 Å². The summed E-state index contributed by atoms with van der Waals surface area (Å²) in [4.78, 5) is 12.0. The van der Waals surface area contributed by atoms with Crippen molar-refractivity contribution in [3.8, 4) is 5.75 Å². The van der Waals surface area contributed by atoms with E-state index < -0.39 is 5.54 Å². The summed E-state index contributed by atoms with van der Waals surface area (Å²) in [5.74, 6) is 0.609. The number of methoxy groups -OCH3 is 1. The van der Waals surface area contributed by atoms with E-state index in [-0.39, 0.29) is 5.91 Å². The van der Waals surface area contributed by atoms with Gasteiger partial charge >= 0.3 is 0 Å². The Kier molecular flexibility index (Phi) is 3.55. The first kappa shape index (κ1) is 13.1. The van der Waals surface area contributed by atoms with Gasteiger partial charge in [0.1, 0.15) is 11.4 Å². The first-order valence-electron chi connectivity index (χ1n) is 5.99. The highest BCUT2D eigenvalue weighted by molar-refractivity contribution is 5.92. The van der Waals surface area contributed by atoms with Crippen molar-refractivity contribution in [2.45, 2.75) is 19.4 Å². The first-order valence-corrected chi connectivity index (χ1v) is 5.99. The number of benzene rings is 1. The number of ether oxygens (including phenoxy) is 1. The van der Waals surface area contributed by atoms with Crippen molar-refractivity contribution in [2.24, 2.45) is 0 Å². The number of nitrogens with zero attached hydrogens (tertiary/aromatic N) is 1. The van der Waals surface area contributed by atoms with Crippen LogP contribution in [0.25, 0.3) is 0 Å². The van der Waals surface area contributed by atoms with Crippen LogP contribution in [0.1, 0.15) is 29.9 Å². The number of carbonyl (C=O) groups excluding carboxylic acids is 1. The molecule has 0 atom stereocenters. The van der Waals surface area contributed by atoms with Gasteiger partial charge in [-0.3, -0.25) is 9.89 Å². The summed E-state index contributed by atoms with van der Waals surface area (Å²) in [6.07, 6.45) is 1.55. The number of H-pyrrole nitrogens is 1. The molecule has 100 valence electrons. The standard InChI is InChI=1S/C14H17N3O2/c1-14(2,10-4-6-11(19-3)7-5-10)16-13(18)12-8-9-15-17-12/h4-9H,1-3H3,(H,15,17)(H,16,18). The lowest BCUT2D eigenvalue weighted by Crippen LogP contribution is -2.41. The van der Waals surface area contributed by atoms with Gasteiger partial charge in [-0.25, -0.2) is 0 Å². The summed E-state index contributed by atoms with van der Waals surface area (Å²) >= 11 is 0. The van der Waals surface area contributed by atoms with Gasteiger partial charge in [-0.2, -0.15) is 5.10 Å². The average Bonchev–Trinajstić information content (AvgIpc) is 2.92. The van der Waals surface area contributed by atoms with Crippen molar-refractivity contribution in [1.29, 1.82) is 0 Å². The summed E-state index contributed by atoms with van der Waals surface area (Å²) in [7, 11) is 1.63. The fraction of sp³-hybridized carbons (Fsp3) is 0.286. The van der Waals surface area contributed by atoms with Crippen LogP contribution >= 0.6 is 0 Å². The Balaban J connectivity index is 2.14. The third-order valence-electron chi connectivity index (χ3n) is 2.98. The van der Waals surface area contributed by atoms with Gasteiger partial charge in [-0.05, 0) is 37.6 Å². The van der Waals surface area contributed by atoms with E-state index in [9.17, 15) is 4.79 Å². The second kappa shape index (κ2) is 5.14. The number of carbonyl (C=O) groups is 1. The van der Waals surface area contributed by atoms with E-state index in [1.807, 2.05) is 38.1 Å². The number of nitrogens with one attached hydrogen (secondary N) is 2. The zero-order valence-electron chi connectivity index (χ0n) is 11.2. The van der Waals surface area contributed by atoms with Crippen LogP contribution in [0.4, 0.5) is 0 Å². The lowest BCUT2D eigenvalue weighted by Gasteiger charge is -2.26. The number of rotatable bonds is 4. The van der Waals surface area contributed by atoms with Gasteiger partial charge in [0.05, 0.1) is 12.6 Å². The van der Waals surface area contributed by atoms with Crippen molar-refractivity contribution in [2.75, 3.05) is 7.11 Å². The zero-order chi connectivity index (χ0) is 13.9. The molecule has 0 aliphatic rings. The number of hydrogen-bond donors (Lipinski definition) is 2. The van der Waals surface area contributed by atoms with Gasteiger partial charge in [0.2, 0.25) is 0 Å². The quantitative estimate of drug-likeness (QED) is 0.883. The molecule has 0 radical (unpaired) electrons. The van der Waals surface area contributed by atoms with Crippen LogP contribution < -0.4 is 10.1 Å². The summed E-state index contributed by atoms with van der Waals surface area (Å²) in [6, 6.07) is 9.26. The number of aromatic nitrogens is 2. The number of aromatic amines is 1. The monoisotopic (exact) mass is 259 g/mol. The van der Waals surface area contributed by atoms with E-state index in [1.54, 1.807) is 19.4 Å². The maximum absolute atomic E-state index is 12.0. The fourth-order valence-electron chi connectivity index (χ4n) is 1.81. The van der Waals surface area contributed by atoms with Crippen LogP contribution in [0, 0.1) is 0 Å². The second-order valence-electron chi connectivity index (χ2n) is 4.78. The van der Waals surface area contributed by atoms with Crippen LogP contribution in [0.3, 0.4) is 0 Å². The molecule has 5 heteroatoms. The Morgan fingerprint density at radius 2 is 1.95 bits per heavy atom. The molecule has 2 N–H and O–H groups in total. The van der Waals surface area contributed by atoms with Crippen LogP contribution in [0.5, 0.6) is 5.75 Å². The molecular weight excluding hydrogens is 242 g/mol.